The number of aliphatic imine (C=N–C) groups is 1. The SMILES string of the molecule is CN=C(NCC(c1ccc(C)o1)N1CCOCC1)NC1CC(=O)N(c2ccccc2)C1.I. The highest BCUT2D eigenvalue weighted by atomic mass is 127. The fourth-order valence-electron chi connectivity index (χ4n) is 4.17. The largest absolute Gasteiger partial charge is 0.465 e. The standard InChI is InChI=1S/C23H31N5O3.HI/c1-17-8-9-21(31-17)20(27-10-12-30-13-11-27)15-25-23(24-2)26-18-14-22(29)28(16-18)19-6-4-3-5-7-19;/h3-9,18,20H,10-16H2,1-2H3,(H2,24,25,26);1H. The topological polar surface area (TPSA) is 82.3 Å². The number of para-hydroxylation sites is 1. The van der Waals surface area contributed by atoms with Crippen molar-refractivity contribution in [1.29, 1.82) is 0 Å². The zero-order valence-electron chi connectivity index (χ0n) is 18.6. The molecule has 0 radical (unpaired) electrons. The van der Waals surface area contributed by atoms with Gasteiger partial charge >= 0.3 is 0 Å². The number of rotatable bonds is 6. The van der Waals surface area contributed by atoms with Gasteiger partial charge in [-0.25, -0.2) is 0 Å². The lowest BCUT2D eigenvalue weighted by Crippen LogP contribution is -2.48. The summed E-state index contributed by atoms with van der Waals surface area (Å²) in [6.07, 6.45) is 0.444. The summed E-state index contributed by atoms with van der Waals surface area (Å²) < 4.78 is 11.5. The van der Waals surface area contributed by atoms with Crippen LogP contribution in [0.15, 0.2) is 51.9 Å². The number of anilines is 1. The van der Waals surface area contributed by atoms with E-state index in [2.05, 4.69) is 20.5 Å². The molecule has 9 heteroatoms. The maximum Gasteiger partial charge on any atom is 0.229 e. The van der Waals surface area contributed by atoms with E-state index in [1.807, 2.05) is 54.3 Å². The average Bonchev–Trinajstić information content (AvgIpc) is 3.39. The van der Waals surface area contributed by atoms with Crippen LogP contribution in [-0.4, -0.2) is 69.2 Å². The number of amides is 1. The van der Waals surface area contributed by atoms with Crippen molar-refractivity contribution >= 4 is 41.5 Å². The van der Waals surface area contributed by atoms with Crippen LogP contribution in [0.2, 0.25) is 0 Å². The fraction of sp³-hybridized carbons (Fsp3) is 0.478. The van der Waals surface area contributed by atoms with Gasteiger partial charge in [-0.15, -0.1) is 24.0 Å². The first kappa shape index (κ1) is 24.5. The molecule has 2 aliphatic heterocycles. The van der Waals surface area contributed by atoms with E-state index < -0.39 is 0 Å². The Kier molecular flexibility index (Phi) is 8.94. The Labute approximate surface area is 206 Å². The second kappa shape index (κ2) is 11.7. The molecule has 2 atom stereocenters. The van der Waals surface area contributed by atoms with Gasteiger partial charge in [0.2, 0.25) is 5.91 Å². The number of guanidine groups is 1. The number of hydrogen-bond donors (Lipinski definition) is 2. The van der Waals surface area contributed by atoms with E-state index in [-0.39, 0.29) is 42.0 Å². The van der Waals surface area contributed by atoms with Gasteiger partial charge in [-0.05, 0) is 31.2 Å². The predicted molar refractivity (Wildman–Crippen MR) is 136 cm³/mol. The number of furan rings is 1. The van der Waals surface area contributed by atoms with Gasteiger partial charge in [0.05, 0.1) is 25.3 Å². The van der Waals surface area contributed by atoms with Crippen LogP contribution < -0.4 is 15.5 Å². The summed E-state index contributed by atoms with van der Waals surface area (Å²) in [5.74, 6) is 2.65. The minimum absolute atomic E-state index is 0. The molecule has 0 bridgehead atoms. The molecule has 0 saturated carbocycles. The molecule has 0 spiro atoms. The van der Waals surface area contributed by atoms with Gasteiger partial charge in [-0.2, -0.15) is 0 Å². The van der Waals surface area contributed by atoms with E-state index in [4.69, 9.17) is 9.15 Å². The van der Waals surface area contributed by atoms with Gasteiger partial charge in [0, 0.05) is 45.3 Å². The molecule has 1 aromatic heterocycles. The number of ether oxygens (including phenoxy) is 1. The minimum atomic E-state index is 0. The van der Waals surface area contributed by atoms with Gasteiger partial charge in [0.15, 0.2) is 5.96 Å². The van der Waals surface area contributed by atoms with Crippen molar-refractivity contribution in [2.45, 2.75) is 25.4 Å². The molecule has 2 aromatic rings. The molecule has 8 nitrogen and oxygen atoms in total. The van der Waals surface area contributed by atoms with E-state index in [9.17, 15) is 4.79 Å². The zero-order valence-corrected chi connectivity index (χ0v) is 21.0. The van der Waals surface area contributed by atoms with Crippen LogP contribution in [0.1, 0.15) is 24.0 Å². The van der Waals surface area contributed by atoms with Crippen LogP contribution in [0.5, 0.6) is 0 Å². The number of nitrogens with zero attached hydrogens (tertiary/aromatic N) is 3. The van der Waals surface area contributed by atoms with Crippen molar-refractivity contribution in [2.24, 2.45) is 4.99 Å². The summed E-state index contributed by atoms with van der Waals surface area (Å²) in [6, 6.07) is 13.9. The maximum absolute atomic E-state index is 12.5. The van der Waals surface area contributed by atoms with Gasteiger partial charge in [-0.3, -0.25) is 14.7 Å². The van der Waals surface area contributed by atoms with Crippen LogP contribution in [-0.2, 0) is 9.53 Å². The van der Waals surface area contributed by atoms with Crippen LogP contribution in [0.25, 0.3) is 0 Å². The zero-order chi connectivity index (χ0) is 21.6. The summed E-state index contributed by atoms with van der Waals surface area (Å²) in [5, 5.41) is 6.85. The molecule has 1 aromatic carbocycles. The van der Waals surface area contributed by atoms with Crippen molar-refractivity contribution in [3.05, 3.63) is 54.0 Å². The number of nitrogens with one attached hydrogen (secondary N) is 2. The molecule has 2 N–H and O–H groups in total. The summed E-state index contributed by atoms with van der Waals surface area (Å²) in [7, 11) is 1.75. The highest BCUT2D eigenvalue weighted by molar-refractivity contribution is 14.0. The van der Waals surface area contributed by atoms with Crippen molar-refractivity contribution < 1.29 is 13.9 Å². The first-order valence-corrected chi connectivity index (χ1v) is 10.8. The number of halogens is 1. The Bertz CT molecular complexity index is 898. The molecule has 174 valence electrons. The summed E-state index contributed by atoms with van der Waals surface area (Å²) in [6.45, 7) is 6.40. The van der Waals surface area contributed by atoms with Crippen LogP contribution in [0, 0.1) is 6.92 Å². The fourth-order valence-corrected chi connectivity index (χ4v) is 4.17. The molecule has 2 saturated heterocycles. The molecule has 32 heavy (non-hydrogen) atoms. The number of morpholine rings is 1. The minimum Gasteiger partial charge on any atom is -0.465 e. The van der Waals surface area contributed by atoms with Crippen molar-refractivity contribution in [2.75, 3.05) is 51.3 Å². The molecular weight excluding hydrogens is 521 g/mol. The second-order valence-corrected chi connectivity index (χ2v) is 7.95. The Morgan fingerprint density at radius 2 is 1.94 bits per heavy atom. The Morgan fingerprint density at radius 3 is 2.59 bits per heavy atom. The normalized spacial score (nSPS) is 20.7. The summed E-state index contributed by atoms with van der Waals surface area (Å²) >= 11 is 0. The molecule has 3 heterocycles. The lowest BCUT2D eigenvalue weighted by atomic mass is 10.1. The Morgan fingerprint density at radius 1 is 1.19 bits per heavy atom. The lowest BCUT2D eigenvalue weighted by molar-refractivity contribution is -0.117. The molecule has 2 fully saturated rings. The third kappa shape index (κ3) is 6.02. The quantitative estimate of drug-likeness (QED) is 0.325. The number of hydrogen-bond acceptors (Lipinski definition) is 5. The van der Waals surface area contributed by atoms with Crippen LogP contribution >= 0.6 is 24.0 Å². The number of carbonyl (C=O) groups excluding carboxylic acids is 1. The van der Waals surface area contributed by atoms with E-state index in [0.717, 1.165) is 43.5 Å². The smallest absolute Gasteiger partial charge is 0.229 e. The van der Waals surface area contributed by atoms with E-state index >= 15 is 0 Å². The van der Waals surface area contributed by atoms with E-state index in [1.54, 1.807) is 7.05 Å². The Balaban J connectivity index is 0.00000289. The van der Waals surface area contributed by atoms with Gasteiger partial charge < -0.3 is 24.7 Å². The molecule has 0 aliphatic carbocycles. The third-order valence-corrected chi connectivity index (χ3v) is 5.80. The summed E-state index contributed by atoms with van der Waals surface area (Å²) in [5.41, 5.74) is 0.931. The number of aryl methyl sites for hydroxylation is 1. The van der Waals surface area contributed by atoms with E-state index in [1.165, 1.54) is 0 Å². The first-order valence-electron chi connectivity index (χ1n) is 10.8. The highest BCUT2D eigenvalue weighted by Crippen LogP contribution is 2.24. The van der Waals surface area contributed by atoms with Crippen molar-refractivity contribution in [3.63, 3.8) is 0 Å². The Hall–Kier alpha value is -2.11. The second-order valence-electron chi connectivity index (χ2n) is 7.95. The van der Waals surface area contributed by atoms with Gasteiger partial charge in [0.25, 0.3) is 0 Å². The lowest BCUT2D eigenvalue weighted by Gasteiger charge is -2.33. The average molecular weight is 553 g/mol. The first-order chi connectivity index (χ1) is 15.1. The summed E-state index contributed by atoms with van der Waals surface area (Å²) in [4.78, 5) is 21.1. The molecular formula is C23H32IN5O3. The van der Waals surface area contributed by atoms with Gasteiger partial charge in [0.1, 0.15) is 11.5 Å². The van der Waals surface area contributed by atoms with Crippen molar-refractivity contribution in [3.8, 4) is 0 Å². The van der Waals surface area contributed by atoms with Crippen molar-refractivity contribution in [1.82, 2.24) is 15.5 Å². The predicted octanol–water partition coefficient (Wildman–Crippen LogP) is 2.55. The molecule has 4 rings (SSSR count). The monoisotopic (exact) mass is 553 g/mol. The number of carbonyl (C=O) groups is 1. The molecule has 2 unspecified atom stereocenters. The third-order valence-electron chi connectivity index (χ3n) is 5.80. The van der Waals surface area contributed by atoms with E-state index in [0.29, 0.717) is 25.5 Å². The van der Waals surface area contributed by atoms with Crippen LogP contribution in [0.3, 0.4) is 0 Å². The highest BCUT2D eigenvalue weighted by Gasteiger charge is 2.31. The van der Waals surface area contributed by atoms with Crippen LogP contribution in [0.4, 0.5) is 5.69 Å². The number of benzene rings is 1. The maximum atomic E-state index is 12.5. The molecule has 2 aliphatic rings. The molecule has 1 amide bonds. The van der Waals surface area contributed by atoms with Gasteiger partial charge in [-0.1, -0.05) is 18.2 Å².